The molecular weight excluding hydrogens is 382 g/mol. The largest absolute Gasteiger partial charge is 0.481 e. The van der Waals surface area contributed by atoms with Gasteiger partial charge in [-0.3, -0.25) is 14.5 Å². The van der Waals surface area contributed by atoms with Crippen molar-refractivity contribution in [2.24, 2.45) is 0 Å². The number of aryl methyl sites for hydroxylation is 1. The van der Waals surface area contributed by atoms with Gasteiger partial charge in [0.25, 0.3) is 11.8 Å². The second-order valence-corrected chi connectivity index (χ2v) is 7.30. The smallest absolute Gasteiger partial charge is 0.265 e. The molecule has 1 atom stereocenters. The van der Waals surface area contributed by atoms with Gasteiger partial charge in [0.05, 0.1) is 13.2 Å². The quantitative estimate of drug-likeness (QED) is 0.698. The fourth-order valence-corrected chi connectivity index (χ4v) is 3.14. The Hall–Kier alpha value is -2.90. The van der Waals surface area contributed by atoms with Crippen LogP contribution in [0, 0.1) is 6.92 Å². The Kier molecular flexibility index (Phi) is 7.82. The van der Waals surface area contributed by atoms with Crippen LogP contribution in [-0.4, -0.2) is 62.2 Å². The van der Waals surface area contributed by atoms with E-state index in [0.717, 1.165) is 38.4 Å². The molecule has 0 saturated carbocycles. The number of hydrogen-bond acceptors (Lipinski definition) is 5. The number of carbonyl (C=O) groups excluding carboxylic acids is 2. The first-order chi connectivity index (χ1) is 14.5. The lowest BCUT2D eigenvalue weighted by Crippen LogP contribution is -2.41. The fraction of sp³-hybridized carbons (Fsp3) is 0.391. The molecule has 0 aromatic heterocycles. The van der Waals surface area contributed by atoms with Gasteiger partial charge >= 0.3 is 0 Å². The van der Waals surface area contributed by atoms with Crippen LogP contribution in [0.3, 0.4) is 0 Å². The van der Waals surface area contributed by atoms with E-state index in [9.17, 15) is 9.59 Å². The molecule has 2 amide bonds. The number of nitrogens with one attached hydrogen (secondary N) is 2. The van der Waals surface area contributed by atoms with E-state index in [1.165, 1.54) is 0 Å². The number of para-hydroxylation sites is 1. The van der Waals surface area contributed by atoms with E-state index in [-0.39, 0.29) is 11.8 Å². The van der Waals surface area contributed by atoms with Crippen LogP contribution in [0.1, 0.15) is 22.8 Å². The van der Waals surface area contributed by atoms with Gasteiger partial charge in [-0.2, -0.15) is 0 Å². The topological polar surface area (TPSA) is 79.9 Å². The monoisotopic (exact) mass is 411 g/mol. The standard InChI is InChI=1S/C23H29N3O4/c1-17-8-9-19(23(28)24-10-11-26-12-14-29-15-13-26)16-21(17)25-22(27)18(2)30-20-6-4-3-5-7-20/h3-9,16,18H,10-15H2,1-2H3,(H,24,28)(H,25,27)/t18-/m1/s1. The van der Waals surface area contributed by atoms with Gasteiger partial charge in [-0.1, -0.05) is 24.3 Å². The van der Waals surface area contributed by atoms with Crippen molar-refractivity contribution >= 4 is 17.5 Å². The molecule has 0 spiro atoms. The number of benzene rings is 2. The van der Waals surface area contributed by atoms with Crippen LogP contribution in [-0.2, 0) is 9.53 Å². The Labute approximate surface area is 177 Å². The fourth-order valence-electron chi connectivity index (χ4n) is 3.14. The van der Waals surface area contributed by atoms with Crippen LogP contribution in [0.2, 0.25) is 0 Å². The third-order valence-corrected chi connectivity index (χ3v) is 5.00. The summed E-state index contributed by atoms with van der Waals surface area (Å²) in [5, 5.41) is 5.81. The summed E-state index contributed by atoms with van der Waals surface area (Å²) in [4.78, 5) is 27.3. The molecule has 2 aromatic carbocycles. The molecule has 3 rings (SSSR count). The second kappa shape index (κ2) is 10.8. The summed E-state index contributed by atoms with van der Waals surface area (Å²) >= 11 is 0. The van der Waals surface area contributed by atoms with Crippen LogP contribution in [0.25, 0.3) is 0 Å². The van der Waals surface area contributed by atoms with Crippen LogP contribution < -0.4 is 15.4 Å². The maximum Gasteiger partial charge on any atom is 0.265 e. The van der Waals surface area contributed by atoms with E-state index >= 15 is 0 Å². The highest BCUT2D eigenvalue weighted by Gasteiger charge is 2.17. The van der Waals surface area contributed by atoms with Gasteiger partial charge in [0, 0.05) is 37.4 Å². The highest BCUT2D eigenvalue weighted by Crippen LogP contribution is 2.18. The molecule has 30 heavy (non-hydrogen) atoms. The van der Waals surface area contributed by atoms with E-state index in [1.54, 1.807) is 31.2 Å². The molecule has 1 aliphatic heterocycles. The molecule has 1 aliphatic rings. The van der Waals surface area contributed by atoms with E-state index in [2.05, 4.69) is 15.5 Å². The SMILES string of the molecule is Cc1ccc(C(=O)NCCN2CCOCC2)cc1NC(=O)[C@@H](C)Oc1ccccc1. The van der Waals surface area contributed by atoms with Crippen molar-refractivity contribution in [3.63, 3.8) is 0 Å². The zero-order valence-electron chi connectivity index (χ0n) is 17.5. The molecule has 1 fully saturated rings. The molecule has 0 radical (unpaired) electrons. The predicted molar refractivity (Wildman–Crippen MR) is 116 cm³/mol. The van der Waals surface area contributed by atoms with Gasteiger partial charge < -0.3 is 20.1 Å². The van der Waals surface area contributed by atoms with E-state index < -0.39 is 6.10 Å². The van der Waals surface area contributed by atoms with Crippen molar-refractivity contribution in [2.45, 2.75) is 20.0 Å². The number of ether oxygens (including phenoxy) is 2. The maximum absolute atomic E-state index is 12.5. The van der Waals surface area contributed by atoms with Crippen molar-refractivity contribution < 1.29 is 19.1 Å². The minimum atomic E-state index is -0.669. The number of hydrogen-bond donors (Lipinski definition) is 2. The van der Waals surface area contributed by atoms with Crippen molar-refractivity contribution in [1.82, 2.24) is 10.2 Å². The normalized spacial score (nSPS) is 15.3. The van der Waals surface area contributed by atoms with Gasteiger partial charge in [-0.25, -0.2) is 0 Å². The molecule has 0 unspecified atom stereocenters. The molecule has 2 aromatic rings. The second-order valence-electron chi connectivity index (χ2n) is 7.30. The van der Waals surface area contributed by atoms with Gasteiger partial charge in [-0.15, -0.1) is 0 Å². The van der Waals surface area contributed by atoms with E-state index in [1.807, 2.05) is 31.2 Å². The number of nitrogens with zero attached hydrogens (tertiary/aromatic N) is 1. The average molecular weight is 412 g/mol. The number of rotatable bonds is 8. The zero-order chi connectivity index (χ0) is 21.3. The van der Waals surface area contributed by atoms with Gasteiger partial charge in [-0.05, 0) is 43.7 Å². The first kappa shape index (κ1) is 21.8. The Morgan fingerprint density at radius 2 is 1.87 bits per heavy atom. The highest BCUT2D eigenvalue weighted by molar-refractivity contribution is 5.98. The summed E-state index contributed by atoms with van der Waals surface area (Å²) in [5.74, 6) is 0.199. The van der Waals surface area contributed by atoms with Crippen molar-refractivity contribution in [1.29, 1.82) is 0 Å². The van der Waals surface area contributed by atoms with Crippen molar-refractivity contribution in [3.8, 4) is 5.75 Å². The average Bonchev–Trinajstić information content (AvgIpc) is 2.76. The van der Waals surface area contributed by atoms with Crippen LogP contribution in [0.5, 0.6) is 5.75 Å². The number of carbonyl (C=O) groups is 2. The van der Waals surface area contributed by atoms with Crippen LogP contribution in [0.15, 0.2) is 48.5 Å². The first-order valence-corrected chi connectivity index (χ1v) is 10.2. The maximum atomic E-state index is 12.5. The van der Waals surface area contributed by atoms with Crippen LogP contribution >= 0.6 is 0 Å². The van der Waals surface area contributed by atoms with Gasteiger partial charge in [0.1, 0.15) is 5.75 Å². The zero-order valence-corrected chi connectivity index (χ0v) is 17.5. The lowest BCUT2D eigenvalue weighted by atomic mass is 10.1. The lowest BCUT2D eigenvalue weighted by Gasteiger charge is -2.26. The molecule has 0 bridgehead atoms. The Morgan fingerprint density at radius 3 is 2.60 bits per heavy atom. The molecule has 160 valence electrons. The van der Waals surface area contributed by atoms with E-state index in [4.69, 9.17) is 9.47 Å². The summed E-state index contributed by atoms with van der Waals surface area (Å²) in [7, 11) is 0. The summed E-state index contributed by atoms with van der Waals surface area (Å²) < 4.78 is 11.0. The highest BCUT2D eigenvalue weighted by atomic mass is 16.5. The third kappa shape index (κ3) is 6.30. The van der Waals surface area contributed by atoms with Crippen molar-refractivity contribution in [2.75, 3.05) is 44.7 Å². The number of amides is 2. The number of anilines is 1. The summed E-state index contributed by atoms with van der Waals surface area (Å²) in [6, 6.07) is 14.5. The molecule has 0 aliphatic carbocycles. The Bertz CT molecular complexity index is 851. The summed E-state index contributed by atoms with van der Waals surface area (Å²) in [6.07, 6.45) is -0.669. The Morgan fingerprint density at radius 1 is 1.13 bits per heavy atom. The summed E-state index contributed by atoms with van der Waals surface area (Å²) in [6.45, 7) is 8.19. The molecule has 1 saturated heterocycles. The minimum Gasteiger partial charge on any atom is -0.481 e. The molecule has 7 heteroatoms. The van der Waals surface area contributed by atoms with Gasteiger partial charge in [0.2, 0.25) is 0 Å². The van der Waals surface area contributed by atoms with Crippen LogP contribution in [0.4, 0.5) is 5.69 Å². The third-order valence-electron chi connectivity index (χ3n) is 5.00. The Balaban J connectivity index is 1.54. The summed E-state index contributed by atoms with van der Waals surface area (Å²) in [5.41, 5.74) is 1.99. The molecule has 1 heterocycles. The number of morpholine rings is 1. The molecular formula is C23H29N3O4. The predicted octanol–water partition coefficient (Wildman–Crippen LogP) is 2.46. The first-order valence-electron chi connectivity index (χ1n) is 10.2. The van der Waals surface area contributed by atoms with Gasteiger partial charge in [0.15, 0.2) is 6.10 Å². The molecule has 2 N–H and O–H groups in total. The molecule has 7 nitrogen and oxygen atoms in total. The van der Waals surface area contributed by atoms with Crippen molar-refractivity contribution in [3.05, 3.63) is 59.7 Å². The lowest BCUT2D eigenvalue weighted by molar-refractivity contribution is -0.122. The minimum absolute atomic E-state index is 0.160. The van der Waals surface area contributed by atoms with E-state index in [0.29, 0.717) is 23.5 Å².